The maximum atomic E-state index is 14.2. The number of carbonyl (C=O) groups is 1. The Balaban J connectivity index is 1.66. The molecule has 3 nitrogen and oxygen atoms in total. The van der Waals surface area contributed by atoms with Gasteiger partial charge < -0.3 is 14.8 Å². The van der Waals surface area contributed by atoms with E-state index in [2.05, 4.69) is 0 Å². The molecule has 0 spiro atoms. The molecule has 2 unspecified atom stereocenters. The number of anilines is 2. The summed E-state index contributed by atoms with van der Waals surface area (Å²) in [5.41, 5.74) is 1.63. The van der Waals surface area contributed by atoms with E-state index >= 15 is 0 Å². The van der Waals surface area contributed by atoms with Gasteiger partial charge in [0.15, 0.2) is 0 Å². The second kappa shape index (κ2) is 7.92. The largest absolute Gasteiger partial charge is 0.389 e. The van der Waals surface area contributed by atoms with Gasteiger partial charge in [0, 0.05) is 34.4 Å². The molecule has 2 aliphatic rings. The van der Waals surface area contributed by atoms with E-state index in [9.17, 15) is 14.3 Å². The van der Waals surface area contributed by atoms with Crippen LogP contribution in [0.4, 0.5) is 15.8 Å². The zero-order valence-electron chi connectivity index (χ0n) is 16.4. The van der Waals surface area contributed by atoms with Gasteiger partial charge in [-0.2, -0.15) is 0 Å². The van der Waals surface area contributed by atoms with Gasteiger partial charge in [-0.3, -0.25) is 0 Å². The van der Waals surface area contributed by atoms with Gasteiger partial charge in [0.05, 0.1) is 5.60 Å². The average Bonchev–Trinajstić information content (AvgIpc) is 2.73. The normalized spacial score (nSPS) is 27.4. The molecule has 0 amide bonds. The van der Waals surface area contributed by atoms with Gasteiger partial charge in [-0.05, 0) is 79.6 Å². The van der Waals surface area contributed by atoms with Crippen molar-refractivity contribution in [1.82, 2.24) is 0 Å². The van der Waals surface area contributed by atoms with E-state index in [-0.39, 0.29) is 17.7 Å². The van der Waals surface area contributed by atoms with Crippen LogP contribution in [0.25, 0.3) is 0 Å². The number of aldehydes is 1. The smallest absolute Gasteiger partial charge is 0.123 e. The summed E-state index contributed by atoms with van der Waals surface area (Å²) in [6.45, 7) is 1.94. The zero-order valence-corrected chi connectivity index (χ0v) is 17.1. The highest BCUT2D eigenvalue weighted by atomic mass is 35.5. The summed E-state index contributed by atoms with van der Waals surface area (Å²) in [5.74, 6) is -0.291. The molecular formula is C24H25ClFNO2. The number of aliphatic hydroxyl groups is 1. The fourth-order valence-electron chi connectivity index (χ4n) is 4.73. The quantitative estimate of drug-likeness (QED) is 0.626. The summed E-state index contributed by atoms with van der Waals surface area (Å²) in [6, 6.07) is 12.2. The summed E-state index contributed by atoms with van der Waals surface area (Å²) in [5, 5.41) is 12.2. The summed E-state index contributed by atoms with van der Waals surface area (Å²) in [7, 11) is 0. The Morgan fingerprint density at radius 2 is 1.90 bits per heavy atom. The lowest BCUT2D eigenvalue weighted by molar-refractivity contribution is -0.113. The molecule has 1 heterocycles. The predicted molar refractivity (Wildman–Crippen MR) is 114 cm³/mol. The Labute approximate surface area is 175 Å². The van der Waals surface area contributed by atoms with E-state index in [0.717, 1.165) is 36.1 Å². The summed E-state index contributed by atoms with van der Waals surface area (Å²) < 4.78 is 14.2. The van der Waals surface area contributed by atoms with Crippen molar-refractivity contribution in [1.29, 1.82) is 0 Å². The molecule has 0 saturated heterocycles. The topological polar surface area (TPSA) is 40.5 Å². The first-order valence-electron chi connectivity index (χ1n) is 10.1. The fraction of sp³-hybridized carbons (Fsp3) is 0.375. The number of nitrogens with zero attached hydrogens (tertiary/aromatic N) is 1. The van der Waals surface area contributed by atoms with E-state index in [1.807, 2.05) is 48.4 Å². The standard InChI is InChI=1S/C24H25ClFNO2/c1-16(15-28)17-8-11-24(29,12-9-17)22-10-13-27(20-5-2-18(25)3-6-20)23-7-4-19(26)14-21(22)23/h2-7,10,13-17,22,29H,8-9,11-12H2,1H3. The first kappa shape index (κ1) is 20.1. The Morgan fingerprint density at radius 1 is 1.21 bits per heavy atom. The molecule has 0 aromatic heterocycles. The number of carbonyl (C=O) groups excluding carboxylic acids is 1. The number of benzene rings is 2. The first-order chi connectivity index (χ1) is 13.9. The third-order valence-electron chi connectivity index (χ3n) is 6.55. The Kier molecular flexibility index (Phi) is 5.50. The lowest BCUT2D eigenvalue weighted by atomic mass is 9.67. The Hall–Kier alpha value is -2.17. The van der Waals surface area contributed by atoms with Gasteiger partial charge in [0.2, 0.25) is 0 Å². The first-order valence-corrected chi connectivity index (χ1v) is 10.5. The zero-order chi connectivity index (χ0) is 20.6. The summed E-state index contributed by atoms with van der Waals surface area (Å²) in [4.78, 5) is 13.1. The van der Waals surface area contributed by atoms with Crippen LogP contribution in [-0.2, 0) is 4.79 Å². The van der Waals surface area contributed by atoms with Gasteiger partial charge in [-0.25, -0.2) is 4.39 Å². The van der Waals surface area contributed by atoms with E-state index in [0.29, 0.717) is 23.8 Å². The Morgan fingerprint density at radius 3 is 2.55 bits per heavy atom. The highest BCUT2D eigenvalue weighted by Crippen LogP contribution is 2.49. The molecule has 5 heteroatoms. The SMILES string of the molecule is CC(C=O)C1CCC(O)(C2C=CN(c3ccc(Cl)cc3)c3ccc(F)cc32)CC1. The number of halogens is 2. The number of fused-ring (bicyclic) bond motifs is 1. The third-order valence-corrected chi connectivity index (χ3v) is 6.80. The van der Waals surface area contributed by atoms with Crippen molar-refractivity contribution in [2.24, 2.45) is 11.8 Å². The van der Waals surface area contributed by atoms with Crippen molar-refractivity contribution in [3.05, 3.63) is 71.1 Å². The van der Waals surface area contributed by atoms with Gasteiger partial charge in [-0.15, -0.1) is 0 Å². The summed E-state index contributed by atoms with van der Waals surface area (Å²) in [6.07, 6.45) is 7.72. The van der Waals surface area contributed by atoms with Crippen LogP contribution in [0.1, 0.15) is 44.1 Å². The van der Waals surface area contributed by atoms with Crippen molar-refractivity contribution in [3.63, 3.8) is 0 Å². The van der Waals surface area contributed by atoms with Crippen LogP contribution in [-0.4, -0.2) is 17.0 Å². The van der Waals surface area contributed by atoms with Crippen molar-refractivity contribution >= 4 is 29.3 Å². The molecule has 0 bridgehead atoms. The molecule has 2 aromatic carbocycles. The van der Waals surface area contributed by atoms with Gasteiger partial charge >= 0.3 is 0 Å². The minimum Gasteiger partial charge on any atom is -0.389 e. The van der Waals surface area contributed by atoms with Crippen molar-refractivity contribution in [3.8, 4) is 0 Å². The maximum absolute atomic E-state index is 14.2. The second-order valence-corrected chi connectivity index (χ2v) is 8.74. The van der Waals surface area contributed by atoms with Crippen LogP contribution in [0.5, 0.6) is 0 Å². The number of hydrogen-bond donors (Lipinski definition) is 1. The molecule has 2 aromatic rings. The third kappa shape index (κ3) is 3.84. The molecule has 1 aliphatic heterocycles. The van der Waals surface area contributed by atoms with Crippen LogP contribution >= 0.6 is 11.6 Å². The molecule has 1 saturated carbocycles. The number of hydrogen-bond acceptors (Lipinski definition) is 3. The van der Waals surface area contributed by atoms with E-state index < -0.39 is 5.60 Å². The van der Waals surface area contributed by atoms with Gasteiger partial charge in [0.1, 0.15) is 12.1 Å². The monoisotopic (exact) mass is 413 g/mol. The number of rotatable bonds is 4. The highest BCUT2D eigenvalue weighted by Gasteiger charge is 2.43. The molecule has 1 aliphatic carbocycles. The van der Waals surface area contributed by atoms with Gasteiger partial charge in [0.25, 0.3) is 0 Å². The minimum atomic E-state index is -0.940. The summed E-state index contributed by atoms with van der Waals surface area (Å²) >= 11 is 6.02. The molecule has 0 radical (unpaired) electrons. The minimum absolute atomic E-state index is 0.00609. The van der Waals surface area contributed by atoms with Gasteiger partial charge in [-0.1, -0.05) is 24.6 Å². The molecule has 2 atom stereocenters. The van der Waals surface area contributed by atoms with Crippen LogP contribution < -0.4 is 4.90 Å². The van der Waals surface area contributed by atoms with E-state index in [1.165, 1.54) is 12.1 Å². The molecule has 29 heavy (non-hydrogen) atoms. The maximum Gasteiger partial charge on any atom is 0.123 e. The molecule has 4 rings (SSSR count). The fourth-order valence-corrected chi connectivity index (χ4v) is 4.86. The van der Waals surface area contributed by atoms with Crippen molar-refractivity contribution < 1.29 is 14.3 Å². The molecule has 1 fully saturated rings. The predicted octanol–water partition coefficient (Wildman–Crippen LogP) is 5.98. The Bertz CT molecular complexity index is 919. The van der Waals surface area contributed by atoms with Crippen molar-refractivity contribution in [2.45, 2.75) is 44.1 Å². The van der Waals surface area contributed by atoms with Crippen LogP contribution in [0.2, 0.25) is 5.02 Å². The van der Waals surface area contributed by atoms with Crippen LogP contribution in [0.15, 0.2) is 54.7 Å². The molecular weight excluding hydrogens is 389 g/mol. The highest BCUT2D eigenvalue weighted by molar-refractivity contribution is 6.30. The van der Waals surface area contributed by atoms with Crippen LogP contribution in [0.3, 0.4) is 0 Å². The van der Waals surface area contributed by atoms with E-state index in [1.54, 1.807) is 6.07 Å². The van der Waals surface area contributed by atoms with Crippen LogP contribution in [0, 0.1) is 17.7 Å². The molecule has 1 N–H and O–H groups in total. The second-order valence-electron chi connectivity index (χ2n) is 8.30. The van der Waals surface area contributed by atoms with Crippen molar-refractivity contribution in [2.75, 3.05) is 4.90 Å². The van der Waals surface area contributed by atoms with E-state index in [4.69, 9.17) is 11.6 Å². The lowest BCUT2D eigenvalue weighted by Gasteiger charge is -2.44. The lowest BCUT2D eigenvalue weighted by Crippen LogP contribution is -2.42. The average molecular weight is 414 g/mol. The molecule has 152 valence electrons.